The Hall–Kier alpha value is -3.38. The van der Waals surface area contributed by atoms with E-state index >= 15 is 0 Å². The van der Waals surface area contributed by atoms with Gasteiger partial charge >= 0.3 is 0 Å². The quantitative estimate of drug-likeness (QED) is 0.285. The maximum absolute atomic E-state index is 10.7. The molecular weight excluding hydrogens is 342 g/mol. The van der Waals surface area contributed by atoms with Crippen LogP contribution in [-0.4, -0.2) is 16.5 Å². The molecule has 0 spiro atoms. The van der Waals surface area contributed by atoms with E-state index in [4.69, 9.17) is 4.42 Å². The van der Waals surface area contributed by atoms with Crippen molar-refractivity contribution in [3.8, 4) is 11.3 Å². The van der Waals surface area contributed by atoms with E-state index in [0.29, 0.717) is 12.3 Å². The van der Waals surface area contributed by atoms with E-state index in [1.807, 2.05) is 18.2 Å². The minimum absolute atomic E-state index is 0.0736. The van der Waals surface area contributed by atoms with E-state index in [1.165, 1.54) is 23.1 Å². The Bertz CT molecular complexity index is 1060. The number of nitrogens with one attached hydrogen (secondary N) is 2. The third-order valence-corrected chi connectivity index (χ3v) is 4.57. The summed E-state index contributed by atoms with van der Waals surface area (Å²) in [6.45, 7) is 1.48. The van der Waals surface area contributed by atoms with E-state index < -0.39 is 4.92 Å². The Morgan fingerprint density at radius 1 is 1.04 bits per heavy atom. The summed E-state index contributed by atoms with van der Waals surface area (Å²) in [6.07, 6.45) is 2.99. The predicted octanol–water partition coefficient (Wildman–Crippen LogP) is 4.67. The summed E-state index contributed by atoms with van der Waals surface area (Å²) in [5.41, 5.74) is 3.35. The molecule has 0 aliphatic heterocycles. The lowest BCUT2D eigenvalue weighted by atomic mass is 10.1. The number of nitrogens with zero attached hydrogens (tertiary/aromatic N) is 1. The molecule has 4 rings (SSSR count). The highest BCUT2D eigenvalue weighted by Gasteiger charge is 2.08. The molecule has 0 amide bonds. The zero-order valence-corrected chi connectivity index (χ0v) is 14.6. The first-order valence-electron chi connectivity index (χ1n) is 8.80. The lowest BCUT2D eigenvalue weighted by Gasteiger charge is -2.03. The van der Waals surface area contributed by atoms with Gasteiger partial charge in [-0.15, -0.1) is 0 Å². The van der Waals surface area contributed by atoms with Gasteiger partial charge in [-0.1, -0.05) is 18.2 Å². The van der Waals surface area contributed by atoms with Crippen LogP contribution in [-0.2, 0) is 13.0 Å². The molecule has 0 aliphatic rings. The summed E-state index contributed by atoms with van der Waals surface area (Å²) in [7, 11) is 0. The smallest absolute Gasteiger partial charge is 0.269 e. The van der Waals surface area contributed by atoms with E-state index in [1.54, 1.807) is 12.1 Å². The van der Waals surface area contributed by atoms with E-state index in [-0.39, 0.29) is 5.69 Å². The van der Waals surface area contributed by atoms with Crippen LogP contribution in [0.25, 0.3) is 22.2 Å². The van der Waals surface area contributed by atoms with Crippen molar-refractivity contribution in [1.29, 1.82) is 0 Å². The van der Waals surface area contributed by atoms with Gasteiger partial charge in [0, 0.05) is 34.8 Å². The Labute approximate surface area is 156 Å². The van der Waals surface area contributed by atoms with Gasteiger partial charge in [0.1, 0.15) is 11.5 Å². The fraction of sp³-hybridized carbons (Fsp3) is 0.143. The molecule has 0 atom stereocenters. The van der Waals surface area contributed by atoms with Crippen LogP contribution in [0.15, 0.2) is 71.3 Å². The average molecular weight is 361 g/mol. The minimum atomic E-state index is -0.408. The maximum Gasteiger partial charge on any atom is 0.269 e. The molecule has 2 heterocycles. The number of non-ortho nitro benzene ring substituents is 1. The number of hydrogen-bond donors (Lipinski definition) is 2. The van der Waals surface area contributed by atoms with E-state index in [0.717, 1.165) is 29.8 Å². The summed E-state index contributed by atoms with van der Waals surface area (Å²) in [6, 6.07) is 18.5. The summed E-state index contributed by atoms with van der Waals surface area (Å²) >= 11 is 0. The number of para-hydroxylation sites is 1. The van der Waals surface area contributed by atoms with Gasteiger partial charge in [-0.25, -0.2) is 0 Å². The van der Waals surface area contributed by atoms with Crippen LogP contribution in [0.4, 0.5) is 5.69 Å². The number of nitro groups is 1. The summed E-state index contributed by atoms with van der Waals surface area (Å²) < 4.78 is 5.84. The van der Waals surface area contributed by atoms with Gasteiger partial charge in [0.05, 0.1) is 11.5 Å². The van der Waals surface area contributed by atoms with Crippen molar-refractivity contribution in [3.05, 3.63) is 88.3 Å². The van der Waals surface area contributed by atoms with Crippen molar-refractivity contribution in [2.24, 2.45) is 0 Å². The highest BCUT2D eigenvalue weighted by Crippen LogP contribution is 2.24. The number of aromatic nitrogens is 1. The SMILES string of the molecule is O=[N+]([O-])c1ccc(-c2ccc(CNCCc3c[nH]c4ccccc34)o2)cc1. The highest BCUT2D eigenvalue weighted by atomic mass is 16.6. The Balaban J connectivity index is 1.32. The van der Waals surface area contributed by atoms with Crippen molar-refractivity contribution < 1.29 is 9.34 Å². The van der Waals surface area contributed by atoms with Gasteiger partial charge in [0.15, 0.2) is 0 Å². The number of benzene rings is 2. The Morgan fingerprint density at radius 2 is 1.85 bits per heavy atom. The molecule has 0 aliphatic carbocycles. The first-order valence-corrected chi connectivity index (χ1v) is 8.80. The highest BCUT2D eigenvalue weighted by molar-refractivity contribution is 5.83. The summed E-state index contributed by atoms with van der Waals surface area (Å²) in [4.78, 5) is 13.6. The second-order valence-corrected chi connectivity index (χ2v) is 6.36. The summed E-state index contributed by atoms with van der Waals surface area (Å²) in [5.74, 6) is 1.54. The van der Waals surface area contributed by atoms with Gasteiger partial charge in [0.2, 0.25) is 0 Å². The normalized spacial score (nSPS) is 11.1. The molecule has 6 heteroatoms. The maximum atomic E-state index is 10.7. The predicted molar refractivity (Wildman–Crippen MR) is 105 cm³/mol. The van der Waals surface area contributed by atoms with Gasteiger partial charge in [-0.3, -0.25) is 10.1 Å². The zero-order valence-electron chi connectivity index (χ0n) is 14.6. The van der Waals surface area contributed by atoms with Crippen LogP contribution in [0.1, 0.15) is 11.3 Å². The molecule has 0 saturated carbocycles. The second-order valence-electron chi connectivity index (χ2n) is 6.36. The molecule has 2 aromatic heterocycles. The van der Waals surface area contributed by atoms with Crippen molar-refractivity contribution >= 4 is 16.6 Å². The Morgan fingerprint density at radius 3 is 2.67 bits per heavy atom. The molecule has 0 radical (unpaired) electrons. The molecule has 27 heavy (non-hydrogen) atoms. The number of fused-ring (bicyclic) bond motifs is 1. The monoisotopic (exact) mass is 361 g/mol. The second kappa shape index (κ2) is 7.47. The molecular formula is C21H19N3O3. The average Bonchev–Trinajstić information content (AvgIpc) is 3.33. The number of H-pyrrole nitrogens is 1. The first-order chi connectivity index (χ1) is 13.2. The third kappa shape index (κ3) is 3.75. The van der Waals surface area contributed by atoms with Crippen LogP contribution >= 0.6 is 0 Å². The van der Waals surface area contributed by atoms with Crippen LogP contribution in [0.3, 0.4) is 0 Å². The number of nitro benzene ring substituents is 1. The van der Waals surface area contributed by atoms with Crippen LogP contribution in [0.2, 0.25) is 0 Å². The van der Waals surface area contributed by atoms with Crippen molar-refractivity contribution in [1.82, 2.24) is 10.3 Å². The fourth-order valence-electron chi connectivity index (χ4n) is 3.15. The molecule has 136 valence electrons. The van der Waals surface area contributed by atoms with Gasteiger partial charge < -0.3 is 14.7 Å². The van der Waals surface area contributed by atoms with Crippen molar-refractivity contribution in [2.75, 3.05) is 6.54 Å². The van der Waals surface area contributed by atoms with Gasteiger partial charge in [0.25, 0.3) is 5.69 Å². The van der Waals surface area contributed by atoms with Gasteiger partial charge in [-0.2, -0.15) is 0 Å². The minimum Gasteiger partial charge on any atom is -0.460 e. The molecule has 0 bridgehead atoms. The number of furan rings is 1. The molecule has 2 aromatic carbocycles. The number of rotatable bonds is 7. The third-order valence-electron chi connectivity index (χ3n) is 4.57. The van der Waals surface area contributed by atoms with Crippen LogP contribution in [0.5, 0.6) is 0 Å². The van der Waals surface area contributed by atoms with Crippen molar-refractivity contribution in [2.45, 2.75) is 13.0 Å². The largest absolute Gasteiger partial charge is 0.460 e. The lowest BCUT2D eigenvalue weighted by molar-refractivity contribution is -0.384. The molecule has 0 unspecified atom stereocenters. The summed E-state index contributed by atoms with van der Waals surface area (Å²) in [5, 5.41) is 15.4. The Kier molecular flexibility index (Phi) is 4.72. The molecule has 0 fully saturated rings. The van der Waals surface area contributed by atoms with Crippen LogP contribution in [0, 0.1) is 10.1 Å². The van der Waals surface area contributed by atoms with Crippen LogP contribution < -0.4 is 5.32 Å². The topological polar surface area (TPSA) is 84.1 Å². The molecule has 6 nitrogen and oxygen atoms in total. The lowest BCUT2D eigenvalue weighted by Crippen LogP contribution is -2.16. The fourth-order valence-corrected chi connectivity index (χ4v) is 3.15. The van der Waals surface area contributed by atoms with Crippen molar-refractivity contribution in [3.63, 3.8) is 0 Å². The zero-order chi connectivity index (χ0) is 18.6. The molecule has 4 aromatic rings. The molecule has 0 saturated heterocycles. The van der Waals surface area contributed by atoms with E-state index in [2.05, 4.69) is 34.7 Å². The van der Waals surface area contributed by atoms with E-state index in [9.17, 15) is 10.1 Å². The first kappa shape index (κ1) is 17.1. The molecule has 2 N–H and O–H groups in total. The number of aromatic amines is 1. The van der Waals surface area contributed by atoms with Gasteiger partial charge in [-0.05, 0) is 48.9 Å². The standard InChI is InChI=1S/C21H19N3O3/c25-24(26)17-7-5-15(6-8-17)21-10-9-18(27-21)14-22-12-11-16-13-23-20-4-2-1-3-19(16)20/h1-10,13,22-23H,11-12,14H2. The number of hydrogen-bond acceptors (Lipinski definition) is 4.